The van der Waals surface area contributed by atoms with Crippen LogP contribution in [0.3, 0.4) is 0 Å². The molecule has 20 heavy (non-hydrogen) atoms. The summed E-state index contributed by atoms with van der Waals surface area (Å²) >= 11 is -0.452. The van der Waals surface area contributed by atoms with Crippen LogP contribution in [0.1, 0.15) is 18.9 Å². The van der Waals surface area contributed by atoms with Gasteiger partial charge >= 0.3 is 0 Å². The Balaban J connectivity index is 2.70. The molecule has 1 rings (SSSR count). The van der Waals surface area contributed by atoms with Crippen LogP contribution in [0.25, 0.3) is 0 Å². The fourth-order valence-electron chi connectivity index (χ4n) is 1.73. The molecule has 0 heterocycles. The van der Waals surface area contributed by atoms with Crippen LogP contribution in [-0.2, 0) is 17.8 Å². The highest BCUT2D eigenvalue weighted by Crippen LogP contribution is 2.27. The third kappa shape index (κ3) is 6.13. The van der Waals surface area contributed by atoms with E-state index >= 15 is 0 Å². The van der Waals surface area contributed by atoms with Gasteiger partial charge in [0.1, 0.15) is 5.75 Å². The molecular formula is C13H21N2O3S2-. The fourth-order valence-corrected chi connectivity index (χ4v) is 2.71. The topological polar surface area (TPSA) is 73.4 Å². The van der Waals surface area contributed by atoms with Gasteiger partial charge in [0.25, 0.3) is 0 Å². The summed E-state index contributed by atoms with van der Waals surface area (Å²) in [7, 11) is 1.81. The number of hydrogen-bond donors (Lipinski definition) is 2. The lowest BCUT2D eigenvalue weighted by Gasteiger charge is -2.17. The van der Waals surface area contributed by atoms with E-state index in [2.05, 4.69) is 17.0 Å². The van der Waals surface area contributed by atoms with Crippen molar-refractivity contribution in [1.29, 1.82) is 0 Å². The molecule has 0 aliphatic heterocycles. The van der Waals surface area contributed by atoms with Crippen LogP contribution in [0.15, 0.2) is 18.2 Å². The molecule has 0 aliphatic rings. The van der Waals surface area contributed by atoms with Crippen LogP contribution in [0.5, 0.6) is 5.75 Å². The molecule has 0 fully saturated rings. The minimum Gasteiger partial charge on any atom is -0.755 e. The lowest BCUT2D eigenvalue weighted by atomic mass is 10.1. The minimum atomic E-state index is -2.34. The first-order valence-electron chi connectivity index (χ1n) is 6.52. The predicted molar refractivity (Wildman–Crippen MR) is 84.9 cm³/mol. The molecule has 0 aliphatic carbocycles. The Labute approximate surface area is 127 Å². The van der Waals surface area contributed by atoms with Gasteiger partial charge in [0.15, 0.2) is 0 Å². The normalized spacial score (nSPS) is 12.2. The summed E-state index contributed by atoms with van der Waals surface area (Å²) in [4.78, 5) is 0. The number of ether oxygens (including phenoxy) is 1. The summed E-state index contributed by atoms with van der Waals surface area (Å²) in [5, 5.41) is 3.02. The van der Waals surface area contributed by atoms with Crippen molar-refractivity contribution in [3.8, 4) is 5.75 Å². The van der Waals surface area contributed by atoms with Gasteiger partial charge in [-0.3, -0.25) is 4.21 Å². The van der Waals surface area contributed by atoms with E-state index in [0.29, 0.717) is 18.8 Å². The Hall–Kier alpha value is -0.760. The van der Waals surface area contributed by atoms with Crippen LogP contribution in [0.4, 0.5) is 5.69 Å². The largest absolute Gasteiger partial charge is 0.755 e. The molecule has 0 saturated heterocycles. The monoisotopic (exact) mass is 317 g/mol. The number of anilines is 1. The zero-order valence-electron chi connectivity index (χ0n) is 11.8. The standard InChI is InChI=1S/C13H22N2O3S2/c1-3-19-9-5-8-18-13-7-4-6-12(15-20(16)17)11(13)10-14-2/h4,6-7,14-15H,3,5,8-10H2,1-2H3,(H,16,17)/p-1. The van der Waals surface area contributed by atoms with E-state index in [0.717, 1.165) is 29.2 Å². The molecule has 2 N–H and O–H groups in total. The summed E-state index contributed by atoms with van der Waals surface area (Å²) in [5.74, 6) is 2.90. The van der Waals surface area contributed by atoms with E-state index in [1.165, 1.54) is 0 Å². The van der Waals surface area contributed by atoms with Gasteiger partial charge < -0.3 is 19.3 Å². The van der Waals surface area contributed by atoms with Crippen molar-refractivity contribution in [2.75, 3.05) is 29.9 Å². The summed E-state index contributed by atoms with van der Waals surface area (Å²) in [5.41, 5.74) is 1.37. The number of thioether (sulfide) groups is 1. The van der Waals surface area contributed by atoms with Gasteiger partial charge in [-0.05, 0) is 37.1 Å². The second-order valence-electron chi connectivity index (χ2n) is 4.05. The zero-order chi connectivity index (χ0) is 14.8. The molecule has 0 saturated carbocycles. The molecular weight excluding hydrogens is 296 g/mol. The van der Waals surface area contributed by atoms with Crippen molar-refractivity contribution < 1.29 is 13.5 Å². The van der Waals surface area contributed by atoms with Crippen molar-refractivity contribution in [2.45, 2.75) is 19.9 Å². The van der Waals surface area contributed by atoms with Crippen LogP contribution < -0.4 is 14.8 Å². The molecule has 1 aromatic rings. The summed E-state index contributed by atoms with van der Waals surface area (Å²) in [6.07, 6.45) is 0.975. The summed E-state index contributed by atoms with van der Waals surface area (Å²) in [6.45, 7) is 3.31. The molecule has 114 valence electrons. The average Bonchev–Trinajstić information content (AvgIpc) is 2.41. The molecule has 1 unspecified atom stereocenters. The quantitative estimate of drug-likeness (QED) is 0.511. The van der Waals surface area contributed by atoms with E-state index in [1.54, 1.807) is 12.1 Å². The van der Waals surface area contributed by atoms with Crippen LogP contribution in [-0.4, -0.2) is 33.9 Å². The molecule has 5 nitrogen and oxygen atoms in total. The lowest BCUT2D eigenvalue weighted by Crippen LogP contribution is -2.13. The Bertz CT molecular complexity index is 430. The van der Waals surface area contributed by atoms with Gasteiger partial charge in [-0.25, -0.2) is 0 Å². The second-order valence-corrected chi connectivity index (χ2v) is 6.12. The maximum Gasteiger partial charge on any atom is 0.125 e. The Morgan fingerprint density at radius 3 is 2.90 bits per heavy atom. The van der Waals surface area contributed by atoms with Crippen molar-refractivity contribution >= 4 is 28.7 Å². The Morgan fingerprint density at radius 1 is 1.45 bits per heavy atom. The van der Waals surface area contributed by atoms with Crippen molar-refractivity contribution in [2.24, 2.45) is 0 Å². The predicted octanol–water partition coefficient (Wildman–Crippen LogP) is 2.13. The van der Waals surface area contributed by atoms with Gasteiger partial charge in [-0.1, -0.05) is 13.0 Å². The molecule has 7 heteroatoms. The molecule has 0 radical (unpaired) electrons. The first kappa shape index (κ1) is 17.3. The highest BCUT2D eigenvalue weighted by molar-refractivity contribution is 7.99. The SMILES string of the molecule is CCSCCCOc1cccc(NS(=O)[O-])c1CNC. The van der Waals surface area contributed by atoms with Gasteiger partial charge in [0, 0.05) is 23.4 Å². The van der Waals surface area contributed by atoms with E-state index < -0.39 is 11.3 Å². The fraction of sp³-hybridized carbons (Fsp3) is 0.538. The van der Waals surface area contributed by atoms with Gasteiger partial charge in [0.05, 0.1) is 12.3 Å². The maximum absolute atomic E-state index is 10.8. The van der Waals surface area contributed by atoms with E-state index in [1.807, 2.05) is 24.9 Å². The van der Waals surface area contributed by atoms with Crippen molar-refractivity contribution in [1.82, 2.24) is 5.32 Å². The maximum atomic E-state index is 10.8. The number of nitrogens with one attached hydrogen (secondary N) is 2. The van der Waals surface area contributed by atoms with Crippen molar-refractivity contribution in [3.63, 3.8) is 0 Å². The van der Waals surface area contributed by atoms with Crippen LogP contribution in [0.2, 0.25) is 0 Å². The second kappa shape index (κ2) is 10.0. The highest BCUT2D eigenvalue weighted by atomic mass is 32.2. The molecule has 0 spiro atoms. The van der Waals surface area contributed by atoms with Gasteiger partial charge in [-0.15, -0.1) is 0 Å². The first-order chi connectivity index (χ1) is 9.69. The average molecular weight is 317 g/mol. The van der Waals surface area contributed by atoms with E-state index in [9.17, 15) is 8.76 Å². The van der Waals surface area contributed by atoms with Crippen LogP contribution in [0, 0.1) is 0 Å². The number of hydrogen-bond acceptors (Lipinski definition) is 5. The Kier molecular flexibility index (Phi) is 8.68. The Morgan fingerprint density at radius 2 is 2.25 bits per heavy atom. The summed E-state index contributed by atoms with van der Waals surface area (Å²) < 4.78 is 29.8. The third-order valence-corrected chi connectivity index (χ3v) is 3.95. The van der Waals surface area contributed by atoms with Crippen molar-refractivity contribution in [3.05, 3.63) is 23.8 Å². The lowest BCUT2D eigenvalue weighted by molar-refractivity contribution is 0.315. The molecule has 0 bridgehead atoms. The first-order valence-corrected chi connectivity index (χ1v) is 8.75. The molecule has 0 aromatic heterocycles. The molecule has 1 atom stereocenters. The van der Waals surface area contributed by atoms with Gasteiger partial charge in [-0.2, -0.15) is 11.8 Å². The van der Waals surface area contributed by atoms with Gasteiger partial charge in [0.2, 0.25) is 0 Å². The van der Waals surface area contributed by atoms with Crippen LogP contribution >= 0.6 is 11.8 Å². The highest BCUT2D eigenvalue weighted by Gasteiger charge is 2.09. The third-order valence-electron chi connectivity index (χ3n) is 2.57. The molecule has 1 aromatic carbocycles. The smallest absolute Gasteiger partial charge is 0.125 e. The summed E-state index contributed by atoms with van der Waals surface area (Å²) in [6, 6.07) is 5.37. The van der Waals surface area contributed by atoms with E-state index in [4.69, 9.17) is 4.74 Å². The molecule has 0 amide bonds. The number of rotatable bonds is 10. The number of benzene rings is 1. The minimum absolute atomic E-state index is 0.541. The van der Waals surface area contributed by atoms with E-state index in [-0.39, 0.29) is 0 Å². The zero-order valence-corrected chi connectivity index (χ0v) is 13.4.